The molecule has 0 amide bonds. The van der Waals surface area contributed by atoms with Crippen LogP contribution >= 0.6 is 0 Å². The summed E-state index contributed by atoms with van der Waals surface area (Å²) in [5.41, 5.74) is 0. The SMILES string of the molecule is C1CC[N-]CC1.CC.[Ru+]. The third kappa shape index (κ3) is 8.58. The van der Waals surface area contributed by atoms with Crippen LogP contribution in [0.1, 0.15) is 33.1 Å². The zero-order chi connectivity index (χ0) is 6.24. The van der Waals surface area contributed by atoms with E-state index in [1.165, 1.54) is 19.3 Å². The second-order valence-electron chi connectivity index (χ2n) is 1.73. The first-order valence-electron chi connectivity index (χ1n) is 3.63. The molecular weight excluding hydrogens is 199 g/mol. The van der Waals surface area contributed by atoms with Gasteiger partial charge in [-0.1, -0.05) is 33.1 Å². The number of piperidine rings is 1. The van der Waals surface area contributed by atoms with Crippen LogP contribution in [0.25, 0.3) is 5.32 Å². The molecule has 0 N–H and O–H groups in total. The van der Waals surface area contributed by atoms with E-state index in [-0.39, 0.29) is 19.5 Å². The third-order valence-corrected chi connectivity index (χ3v) is 1.13. The number of rotatable bonds is 0. The normalized spacial score (nSPS) is 16.7. The Hall–Kier alpha value is 0.583. The smallest absolute Gasteiger partial charge is 0.662 e. The fraction of sp³-hybridized carbons (Fsp3) is 1.00. The van der Waals surface area contributed by atoms with Crippen molar-refractivity contribution in [1.82, 2.24) is 0 Å². The van der Waals surface area contributed by atoms with Gasteiger partial charge in [-0.3, -0.25) is 0 Å². The van der Waals surface area contributed by atoms with E-state index in [2.05, 4.69) is 5.32 Å². The predicted octanol–water partition coefficient (Wildman–Crippen LogP) is 2.57. The van der Waals surface area contributed by atoms with E-state index in [1.54, 1.807) is 0 Å². The summed E-state index contributed by atoms with van der Waals surface area (Å²) < 4.78 is 0. The standard InChI is InChI=1S/C5H10N.C2H6.Ru/c1-2-4-6-5-3-1;1-2;/h1-5H2;1-2H3;/q-1;;+1. The van der Waals surface area contributed by atoms with Gasteiger partial charge in [-0.15, -0.1) is 13.1 Å². The van der Waals surface area contributed by atoms with Gasteiger partial charge in [-0.05, 0) is 0 Å². The summed E-state index contributed by atoms with van der Waals surface area (Å²) in [5, 5.41) is 4.18. The molecule has 1 aliphatic rings. The molecule has 0 aliphatic carbocycles. The van der Waals surface area contributed by atoms with Crippen LogP contribution in [0.3, 0.4) is 0 Å². The van der Waals surface area contributed by atoms with Gasteiger partial charge >= 0.3 is 19.5 Å². The van der Waals surface area contributed by atoms with Gasteiger partial charge in [0.05, 0.1) is 0 Å². The molecule has 0 spiro atoms. The maximum Gasteiger partial charge on any atom is 1.00 e. The van der Waals surface area contributed by atoms with E-state index in [0.717, 1.165) is 13.1 Å². The van der Waals surface area contributed by atoms with Crippen molar-refractivity contribution in [3.8, 4) is 0 Å². The third-order valence-electron chi connectivity index (χ3n) is 1.13. The van der Waals surface area contributed by atoms with Crippen LogP contribution in [0, 0.1) is 0 Å². The number of hydrogen-bond acceptors (Lipinski definition) is 0. The van der Waals surface area contributed by atoms with Crippen molar-refractivity contribution < 1.29 is 19.5 Å². The van der Waals surface area contributed by atoms with Gasteiger partial charge in [0.25, 0.3) is 0 Å². The summed E-state index contributed by atoms with van der Waals surface area (Å²) in [6.45, 7) is 6.25. The predicted molar refractivity (Wildman–Crippen MR) is 38.3 cm³/mol. The van der Waals surface area contributed by atoms with Crippen LogP contribution in [0.15, 0.2) is 0 Å². The van der Waals surface area contributed by atoms with Gasteiger partial charge in [-0.2, -0.15) is 0 Å². The van der Waals surface area contributed by atoms with E-state index in [9.17, 15) is 0 Å². The molecule has 0 aromatic carbocycles. The van der Waals surface area contributed by atoms with E-state index in [0.29, 0.717) is 0 Å². The van der Waals surface area contributed by atoms with Crippen LogP contribution < -0.4 is 0 Å². The van der Waals surface area contributed by atoms with E-state index >= 15 is 0 Å². The van der Waals surface area contributed by atoms with Crippen LogP contribution in [0.4, 0.5) is 0 Å². The molecule has 1 nitrogen and oxygen atoms in total. The Morgan fingerprint density at radius 3 is 1.44 bits per heavy atom. The molecule has 1 fully saturated rings. The Balaban J connectivity index is 0. The molecule has 0 aromatic rings. The minimum atomic E-state index is 0. The summed E-state index contributed by atoms with van der Waals surface area (Å²) in [4.78, 5) is 0. The molecule has 0 aromatic heterocycles. The summed E-state index contributed by atoms with van der Waals surface area (Å²) in [6, 6.07) is 0. The van der Waals surface area contributed by atoms with Gasteiger partial charge in [0.1, 0.15) is 0 Å². The van der Waals surface area contributed by atoms with Gasteiger partial charge in [0.15, 0.2) is 0 Å². The summed E-state index contributed by atoms with van der Waals surface area (Å²) in [5.74, 6) is 0. The van der Waals surface area contributed by atoms with Crippen molar-refractivity contribution in [3.63, 3.8) is 0 Å². The zero-order valence-electron chi connectivity index (χ0n) is 6.34. The fourth-order valence-electron chi connectivity index (χ4n) is 0.736. The van der Waals surface area contributed by atoms with Crippen molar-refractivity contribution in [2.75, 3.05) is 13.1 Å². The fourth-order valence-corrected chi connectivity index (χ4v) is 0.736. The molecule has 1 radical (unpaired) electrons. The Kier molecular flexibility index (Phi) is 15.5. The van der Waals surface area contributed by atoms with Crippen molar-refractivity contribution in [2.45, 2.75) is 33.1 Å². The van der Waals surface area contributed by atoms with Crippen molar-refractivity contribution in [1.29, 1.82) is 0 Å². The van der Waals surface area contributed by atoms with Gasteiger partial charge < -0.3 is 5.32 Å². The van der Waals surface area contributed by atoms with Gasteiger partial charge in [-0.25, -0.2) is 0 Å². The van der Waals surface area contributed by atoms with E-state index in [4.69, 9.17) is 0 Å². The summed E-state index contributed by atoms with van der Waals surface area (Å²) >= 11 is 0. The number of hydrogen-bond donors (Lipinski definition) is 0. The maximum absolute atomic E-state index is 4.18. The molecule has 1 aliphatic heterocycles. The van der Waals surface area contributed by atoms with Crippen LogP contribution in [0.5, 0.6) is 0 Å². The second-order valence-corrected chi connectivity index (χ2v) is 1.73. The monoisotopic (exact) mass is 216 g/mol. The molecule has 0 unspecified atom stereocenters. The molecule has 57 valence electrons. The molecule has 0 bridgehead atoms. The largest absolute Gasteiger partial charge is 1.00 e. The molecule has 1 saturated heterocycles. The molecule has 1 rings (SSSR count). The first-order valence-corrected chi connectivity index (χ1v) is 3.63. The van der Waals surface area contributed by atoms with Crippen LogP contribution in [-0.2, 0) is 19.5 Å². The molecule has 2 heteroatoms. The average molecular weight is 215 g/mol. The van der Waals surface area contributed by atoms with E-state index in [1.807, 2.05) is 13.8 Å². The van der Waals surface area contributed by atoms with E-state index < -0.39 is 0 Å². The summed E-state index contributed by atoms with van der Waals surface area (Å²) in [7, 11) is 0. The minimum absolute atomic E-state index is 0. The number of nitrogens with zero attached hydrogens (tertiary/aromatic N) is 1. The molecule has 0 atom stereocenters. The zero-order valence-corrected chi connectivity index (χ0v) is 8.07. The molecule has 0 saturated carbocycles. The maximum atomic E-state index is 4.18. The first-order chi connectivity index (χ1) is 4.00. The van der Waals surface area contributed by atoms with Gasteiger partial charge in [0, 0.05) is 0 Å². The Bertz CT molecular complexity index is 24.4. The van der Waals surface area contributed by atoms with Crippen molar-refractivity contribution in [3.05, 3.63) is 5.32 Å². The van der Waals surface area contributed by atoms with Crippen LogP contribution in [-0.4, -0.2) is 13.1 Å². The Morgan fingerprint density at radius 1 is 0.889 bits per heavy atom. The minimum Gasteiger partial charge on any atom is -0.662 e. The Labute approximate surface area is 71.4 Å². The van der Waals surface area contributed by atoms with Crippen LogP contribution in [0.2, 0.25) is 0 Å². The molecule has 1 heterocycles. The quantitative estimate of drug-likeness (QED) is 0.551. The first kappa shape index (κ1) is 12.3. The Morgan fingerprint density at radius 2 is 1.33 bits per heavy atom. The topological polar surface area (TPSA) is 14.1 Å². The molecular formula is C7H16NRu. The van der Waals surface area contributed by atoms with Crippen molar-refractivity contribution >= 4 is 0 Å². The van der Waals surface area contributed by atoms with Crippen molar-refractivity contribution in [2.24, 2.45) is 0 Å². The van der Waals surface area contributed by atoms with Gasteiger partial charge in [0.2, 0.25) is 0 Å². The average Bonchev–Trinajstić information content (AvgIpc) is 1.96. The second kappa shape index (κ2) is 11.4. The molecule has 9 heavy (non-hydrogen) atoms. The summed E-state index contributed by atoms with van der Waals surface area (Å²) in [6.07, 6.45) is 4.07.